The van der Waals surface area contributed by atoms with E-state index in [1.165, 1.54) is 9.13 Å². The average Bonchev–Trinajstić information content (AvgIpc) is 1.67. The van der Waals surface area contributed by atoms with Gasteiger partial charge in [-0.1, -0.05) is 0 Å². The molecule has 7 heteroatoms. The quantitative estimate of drug-likeness (QED) is 0.127. The molecule has 6 heterocycles. The van der Waals surface area contributed by atoms with Gasteiger partial charge in [0.2, 0.25) is 0 Å². The molecule has 0 fully saturated rings. The van der Waals surface area contributed by atoms with Gasteiger partial charge in [-0.3, -0.25) is 0 Å². The van der Waals surface area contributed by atoms with Crippen LogP contribution in [0.2, 0.25) is 0 Å². The number of hydrogen-bond acceptors (Lipinski definition) is 2. The molecule has 113 heavy (non-hydrogen) atoms. The molecule has 21 rings (SSSR count). The predicted octanol–water partition coefficient (Wildman–Crippen LogP) is 26.3. The van der Waals surface area contributed by atoms with Gasteiger partial charge in [-0.15, -0.1) is 0 Å². The monoisotopic (exact) mass is 1600 g/mol. The van der Waals surface area contributed by atoms with E-state index in [9.17, 15) is 27.4 Å². The summed E-state index contributed by atoms with van der Waals surface area (Å²) in [6.07, 6.45) is 0. The van der Waals surface area contributed by atoms with E-state index in [4.69, 9.17) is 0 Å². The van der Waals surface area contributed by atoms with Crippen molar-refractivity contribution in [2.45, 2.75) is 78.6 Å². The van der Waals surface area contributed by atoms with Gasteiger partial charge in [0.25, 0.3) is 0 Å². The van der Waals surface area contributed by atoms with Gasteiger partial charge in [0.15, 0.2) is 0 Å². The predicted molar refractivity (Wildman–Crippen MR) is 487 cm³/mol. The number of para-hydroxylation sites is 2. The molecular formula is C106H83BN4Se2. The minimum absolute atomic E-state index is 0.0186. The summed E-state index contributed by atoms with van der Waals surface area (Å²) in [5, 5.41) is 0.529. The molecule has 0 N–H and O–H groups in total. The van der Waals surface area contributed by atoms with Crippen LogP contribution in [0.5, 0.6) is 0 Å². The number of hydrogen-bond donors (Lipinski definition) is 0. The number of aromatic nitrogens is 2. The maximum atomic E-state index is 12.1. The van der Waals surface area contributed by atoms with Crippen molar-refractivity contribution >= 4 is 147 Å². The fourth-order valence-electron chi connectivity index (χ4n) is 16.8. The zero-order valence-corrected chi connectivity index (χ0v) is 66.9. The Labute approximate surface area is 701 Å². The van der Waals surface area contributed by atoms with Crippen LogP contribution in [0.4, 0.5) is 34.1 Å². The summed E-state index contributed by atoms with van der Waals surface area (Å²) in [7, 11) is 0. The van der Waals surface area contributed by atoms with Crippen molar-refractivity contribution in [2.75, 3.05) is 9.80 Å². The van der Waals surface area contributed by atoms with E-state index in [1.807, 2.05) is 168 Å². The van der Waals surface area contributed by atoms with Gasteiger partial charge in [-0.2, -0.15) is 0 Å². The molecule has 19 aromatic rings. The molecule has 0 amide bonds. The zero-order chi connectivity index (χ0) is 93.7. The first-order valence-electron chi connectivity index (χ1n) is 48.0. The van der Waals surface area contributed by atoms with Gasteiger partial charge in [-0.25, -0.2) is 0 Å². The molecule has 15 aromatic carbocycles. The second kappa shape index (κ2) is 26.4. The fourth-order valence-corrected chi connectivity index (χ4v) is 22.3. The van der Waals surface area contributed by atoms with Gasteiger partial charge in [-0.05, 0) is 0 Å². The van der Waals surface area contributed by atoms with Crippen LogP contribution in [0.15, 0.2) is 339 Å². The second-order valence-corrected chi connectivity index (χ2v) is 36.6. The molecule has 0 aliphatic carbocycles. The summed E-state index contributed by atoms with van der Waals surface area (Å²) in [4.78, 5) is 4.05. The van der Waals surface area contributed by atoms with E-state index in [0.717, 1.165) is 33.4 Å². The van der Waals surface area contributed by atoms with Crippen LogP contribution in [0.1, 0.15) is 106 Å². The van der Waals surface area contributed by atoms with E-state index in [1.54, 1.807) is 24.3 Å². The normalized spacial score (nSPS) is 15.4. The summed E-state index contributed by atoms with van der Waals surface area (Å²) in [5.74, 6) is 0. The summed E-state index contributed by atoms with van der Waals surface area (Å²) in [6, 6.07) is 60.7. The van der Waals surface area contributed by atoms with Crippen molar-refractivity contribution in [2.24, 2.45) is 0 Å². The molecule has 0 atom stereocenters. The van der Waals surface area contributed by atoms with E-state index in [-0.39, 0.29) is 110 Å². The molecule has 0 bridgehead atoms. The molecule has 4 nitrogen and oxygen atoms in total. The Kier molecular flexibility index (Phi) is 11.9. The van der Waals surface area contributed by atoms with Crippen molar-refractivity contribution in [3.63, 3.8) is 0 Å². The van der Waals surface area contributed by atoms with E-state index in [2.05, 4.69) is 98.7 Å². The Morgan fingerprint density at radius 1 is 0.301 bits per heavy atom. The number of fused-ring (bicyclic) bond motifs is 14. The van der Waals surface area contributed by atoms with Crippen molar-refractivity contribution in [3.8, 4) is 78.1 Å². The summed E-state index contributed by atoms with van der Waals surface area (Å²) in [6.45, 7) is 17.6. The third kappa shape index (κ3) is 11.1. The molecular weight excluding hydrogens is 1500 g/mol. The first-order valence-corrected chi connectivity index (χ1v) is 41.5. The van der Waals surface area contributed by atoms with E-state index < -0.39 is 149 Å². The molecule has 4 aromatic heterocycles. The van der Waals surface area contributed by atoms with Crippen LogP contribution in [0.3, 0.4) is 0 Å². The van der Waals surface area contributed by atoms with Gasteiger partial charge >= 0.3 is 706 Å². The fraction of sp³-hybridized carbons (Fsp3) is 0.113. The molecule has 0 saturated carbocycles. The Morgan fingerprint density at radius 2 is 0.602 bits per heavy atom. The van der Waals surface area contributed by atoms with Gasteiger partial charge < -0.3 is 0 Å². The van der Waals surface area contributed by atoms with E-state index in [0.29, 0.717) is 86.8 Å². The van der Waals surface area contributed by atoms with Crippen LogP contribution in [-0.4, -0.2) is 44.9 Å². The van der Waals surface area contributed by atoms with Crippen molar-refractivity contribution in [1.29, 1.82) is 0 Å². The number of nitrogens with zero attached hydrogens (tertiary/aromatic N) is 4. The van der Waals surface area contributed by atoms with Crippen molar-refractivity contribution < 1.29 is 27.4 Å². The van der Waals surface area contributed by atoms with Crippen LogP contribution >= 0.6 is 0 Å². The Bertz CT molecular complexity index is 7710. The standard InChI is InChI=1S/C106H83BN4Se2/c1-104(2,3)72-58-83(68-38-20-12-21-39-68)98(84(59-72)69-40-22-13-23-41-69)110-91-64-75(108-89-52-30-28-46-79(89)95-81-50-32-48-77(100(81)112-102(95)108)66-34-16-10-17-35-66)54-56-87(91)107-88-57-55-76(109-90-53-31-29-47-80(90)96-82-51-33-49-78(101(82)113-103(96)109)67-36-18-11-19-37-67)65-92(88)111(94-63-74(106(7,8)9)62-93(110)97(94)107)99-85(70-42-24-14-25-43-70)60-73(105(4,5)6)61-86(99)71-44-26-15-27-45-71/h10-65H,1-9H3/i28D,29D,30D,31D,32D,33D,46D,47D,48D,49D,50D,51D,52D,53D,54D,55D,56D,57D,64D,65D. The second-order valence-electron chi connectivity index (χ2n) is 32.4. The molecule has 0 spiro atoms. The van der Waals surface area contributed by atoms with Crippen LogP contribution in [0.25, 0.3) is 139 Å². The van der Waals surface area contributed by atoms with Crippen molar-refractivity contribution in [1.82, 2.24) is 9.13 Å². The minimum atomic E-state index is -1.55. The molecule has 2 aliphatic rings. The molecule has 0 radical (unpaired) electrons. The zero-order valence-electron chi connectivity index (χ0n) is 83.5. The van der Waals surface area contributed by atoms with E-state index >= 15 is 0 Å². The molecule has 542 valence electrons. The van der Waals surface area contributed by atoms with Gasteiger partial charge in [0.05, 0.1) is 0 Å². The first kappa shape index (κ1) is 50.9. The first-order chi connectivity index (χ1) is 63.3. The van der Waals surface area contributed by atoms with Gasteiger partial charge in [0, 0.05) is 0 Å². The van der Waals surface area contributed by atoms with Crippen LogP contribution in [0, 0.1) is 0 Å². The average molecular weight is 1600 g/mol. The topological polar surface area (TPSA) is 16.3 Å². The molecule has 0 saturated heterocycles. The molecule has 0 unspecified atom stereocenters. The van der Waals surface area contributed by atoms with Crippen LogP contribution < -0.4 is 26.2 Å². The maximum absolute atomic E-state index is 12.1. The third-order valence-corrected chi connectivity index (χ3v) is 27.4. The third-order valence-electron chi connectivity index (χ3n) is 22.4. The Hall–Kier alpha value is -11.9. The number of anilines is 6. The molecule has 2 aliphatic heterocycles. The SMILES string of the molecule is [2H]c1c([2H])c(-n2c3[se]c4c(-c5ccccc5)c([2H])c([2H])c([2H])c4c3c3c([2H])c([2H])c([2H])c([2H])c32)c([2H])c2c1B1c3c(cc(C(C)(C)C)cc3N(c3c(-c4ccccc4)cc(C(C)(C)C)cc3-c3ccccc3)c3c([2H])c(-n4c5[se]c6c(-c7ccccc7)c([2H])c([2H])c([2H])c6c5c5c([2H])c([2H])c([2H])c([2H])c54)c([2H])c([2H])c31)N2c1c(-c2ccccc2)cc(C(C)(C)C)cc1-c1ccccc1. The van der Waals surface area contributed by atoms with Crippen LogP contribution in [-0.2, 0) is 16.2 Å². The van der Waals surface area contributed by atoms with Gasteiger partial charge in [0.1, 0.15) is 0 Å². The summed E-state index contributed by atoms with van der Waals surface area (Å²) in [5.41, 5.74) is 9.26. The number of rotatable bonds is 10. The number of benzene rings is 15. The summed E-state index contributed by atoms with van der Waals surface area (Å²) < 4.78 is 212. The summed E-state index contributed by atoms with van der Waals surface area (Å²) >= 11 is -2.23. The Balaban J connectivity index is 1.02. The Morgan fingerprint density at radius 3 is 0.929 bits per heavy atom. The van der Waals surface area contributed by atoms with Crippen molar-refractivity contribution in [3.05, 3.63) is 356 Å².